The Morgan fingerprint density at radius 2 is 1.55 bits per heavy atom. The Kier molecular flexibility index (Phi) is 9.84. The zero-order valence-corrected chi connectivity index (χ0v) is 30.9. The van der Waals surface area contributed by atoms with E-state index in [0.29, 0.717) is 40.1 Å². The average molecular weight is 763 g/mol. The number of hydrogen-bond donors (Lipinski definition) is 4. The van der Waals surface area contributed by atoms with Gasteiger partial charge in [0.25, 0.3) is 5.91 Å². The van der Waals surface area contributed by atoms with Gasteiger partial charge in [-0.1, -0.05) is 31.2 Å². The molecule has 9 rings (SSSR count). The van der Waals surface area contributed by atoms with Crippen LogP contribution in [-0.2, 0) is 20.9 Å². The van der Waals surface area contributed by atoms with Crippen LogP contribution in [0.2, 0.25) is 0 Å². The second-order valence-corrected chi connectivity index (χ2v) is 15.1. The lowest BCUT2D eigenvalue weighted by Crippen LogP contribution is -3.00. The molecule has 3 aromatic rings. The zero-order chi connectivity index (χ0) is 36.0. The molecule has 4 fully saturated rings. The number of aliphatic hydroxyl groups is 1. The van der Waals surface area contributed by atoms with Gasteiger partial charge in [0.1, 0.15) is 51.5 Å². The van der Waals surface area contributed by atoms with Gasteiger partial charge in [-0.3, -0.25) is 19.2 Å². The molecule has 6 aliphatic rings. The van der Waals surface area contributed by atoms with E-state index in [9.17, 15) is 34.2 Å². The number of aliphatic carboxylic acids is 1. The summed E-state index contributed by atoms with van der Waals surface area (Å²) in [7, 11) is 0. The fourth-order valence-corrected chi connectivity index (χ4v) is 9.40. The number of nitrogens with zero attached hydrogens (tertiary/aromatic N) is 3. The van der Waals surface area contributed by atoms with E-state index in [1.54, 1.807) is 43.3 Å². The van der Waals surface area contributed by atoms with Crippen LogP contribution in [0, 0.1) is 11.8 Å². The highest BCUT2D eigenvalue weighted by atomic mass is 35.5. The highest BCUT2D eigenvalue weighted by Crippen LogP contribution is 2.51. The summed E-state index contributed by atoms with van der Waals surface area (Å²) in [5.74, 6) is -3.21. The molecular weight excluding hydrogens is 721 g/mol. The number of β-lactam (4-membered cyclic amide) rings is 1. The van der Waals surface area contributed by atoms with Crippen molar-refractivity contribution in [3.8, 4) is 11.1 Å². The molecule has 0 saturated carbocycles. The van der Waals surface area contributed by atoms with E-state index >= 15 is 0 Å². The summed E-state index contributed by atoms with van der Waals surface area (Å²) in [4.78, 5) is 64.9. The molecule has 4 atom stereocenters. The van der Waals surface area contributed by atoms with Crippen LogP contribution in [0.15, 0.2) is 66.4 Å². The summed E-state index contributed by atoms with van der Waals surface area (Å²) in [5, 5.41) is 23.3. The van der Waals surface area contributed by atoms with Gasteiger partial charge in [-0.05, 0) is 65.6 Å². The van der Waals surface area contributed by atoms with Crippen LogP contribution < -0.4 is 35.9 Å². The van der Waals surface area contributed by atoms with Gasteiger partial charge in [0.15, 0.2) is 12.3 Å². The smallest absolute Gasteiger partial charge is 0.352 e. The molecule has 278 valence electrons. The molecular formula is C39H41Cl2N5O7. The second kappa shape index (κ2) is 13.7. The number of hydrogen-bond acceptors (Lipinski definition) is 6. The van der Waals surface area contributed by atoms with E-state index in [2.05, 4.69) is 11.4 Å². The van der Waals surface area contributed by atoms with Crippen LogP contribution in [-0.4, -0.2) is 112 Å². The lowest BCUT2D eigenvalue weighted by atomic mass is 9.76. The number of amides is 3. The van der Waals surface area contributed by atoms with Gasteiger partial charge in [-0.2, -0.15) is 0 Å². The maximum Gasteiger partial charge on any atom is 0.352 e. The number of quaternary nitrogens is 2. The van der Waals surface area contributed by atoms with Gasteiger partial charge in [-0.25, -0.2) is 4.79 Å². The van der Waals surface area contributed by atoms with Gasteiger partial charge in [0.05, 0.1) is 18.1 Å². The zero-order valence-electron chi connectivity index (χ0n) is 29.4. The third-order valence-electron chi connectivity index (χ3n) is 12.1. The van der Waals surface area contributed by atoms with Crippen LogP contribution in [0.3, 0.4) is 0 Å². The topological polar surface area (TPSA) is 167 Å². The summed E-state index contributed by atoms with van der Waals surface area (Å²) in [5.41, 5.74) is 11.3. The van der Waals surface area contributed by atoms with Crippen molar-refractivity contribution in [3.05, 3.63) is 94.2 Å². The minimum absolute atomic E-state index is 0. The minimum atomic E-state index is -1.19. The summed E-state index contributed by atoms with van der Waals surface area (Å²) in [6, 6.07) is 17.7. The van der Waals surface area contributed by atoms with Gasteiger partial charge in [-0.15, -0.1) is 0 Å². The fourth-order valence-electron chi connectivity index (χ4n) is 9.40. The maximum atomic E-state index is 13.7. The highest BCUT2D eigenvalue weighted by Gasteiger charge is 2.60. The Morgan fingerprint density at radius 1 is 0.887 bits per heavy atom. The van der Waals surface area contributed by atoms with Crippen LogP contribution in [0.25, 0.3) is 16.7 Å². The Balaban J connectivity index is 0.00000240. The molecule has 12 nitrogen and oxygen atoms in total. The maximum absolute atomic E-state index is 13.7. The predicted molar refractivity (Wildman–Crippen MR) is 187 cm³/mol. The van der Waals surface area contributed by atoms with Gasteiger partial charge in [0.2, 0.25) is 11.8 Å². The highest BCUT2D eigenvalue weighted by molar-refractivity contribution is 6.22. The van der Waals surface area contributed by atoms with Crippen molar-refractivity contribution < 1.29 is 68.0 Å². The number of piperazine rings is 3. The molecule has 0 spiro atoms. The van der Waals surface area contributed by atoms with Gasteiger partial charge < -0.3 is 59.9 Å². The van der Waals surface area contributed by atoms with Crippen molar-refractivity contribution in [2.75, 3.05) is 51.1 Å². The SMILES string of the molecule is C[C@@H](O)[C@H]1C(=O)N2C(C(=O)O)=C(c3ccc4c(c3)-c3ccc(C[N+]56CC[N+](CC(=O)Nc7cccc(C(N)=O)c7)(CC5)CC6)cc3C4=O)[C@H](C)[C@H]12.[Cl-].[Cl-]. The number of benzene rings is 3. The monoisotopic (exact) mass is 761 g/mol. The van der Waals surface area contributed by atoms with E-state index in [1.807, 2.05) is 25.1 Å². The Bertz CT molecular complexity index is 2090. The van der Waals surface area contributed by atoms with E-state index in [0.717, 1.165) is 71.5 Å². The molecule has 0 aromatic heterocycles. The van der Waals surface area contributed by atoms with Gasteiger partial charge >= 0.3 is 5.97 Å². The number of halogens is 2. The van der Waals surface area contributed by atoms with E-state index < -0.39 is 29.9 Å². The van der Waals surface area contributed by atoms with Crippen molar-refractivity contribution in [2.45, 2.75) is 32.5 Å². The van der Waals surface area contributed by atoms with Crippen molar-refractivity contribution in [2.24, 2.45) is 17.6 Å². The number of carbonyl (C=O) groups is 5. The van der Waals surface area contributed by atoms with Crippen molar-refractivity contribution in [1.29, 1.82) is 0 Å². The molecule has 3 amide bonds. The molecule has 14 heteroatoms. The number of carboxylic acid groups (broad SMARTS) is 1. The molecule has 53 heavy (non-hydrogen) atoms. The molecule has 5 aliphatic heterocycles. The van der Waals surface area contributed by atoms with Crippen molar-refractivity contribution in [1.82, 2.24) is 4.90 Å². The molecule has 5 N–H and O–H groups in total. The predicted octanol–water partition coefficient (Wildman–Crippen LogP) is -3.54. The minimum Gasteiger partial charge on any atom is -1.00 e. The first-order valence-electron chi connectivity index (χ1n) is 17.5. The normalized spacial score (nSPS) is 26.8. The standard InChI is InChI=1S/C39H39N5O7.2ClH/c1-21-32(35(39(50)51)42-34(21)33(22(2)45)38(42)49)24-7-9-28-29(18-24)27-8-6-23(16-30(27)36(28)47)19-43-10-13-44(14-11-43,15-12-43)20-31(46)41-26-5-3-4-25(17-26)37(40)48;;/h3-9,16-18,21-22,33-34,45H,10-15,19-20H2,1-2H3,(H2-2,40,41,46,48,50,51);2*1H/t21-,22+,33+,34+,43?,44?;;/m0../s1. The van der Waals surface area contributed by atoms with Crippen LogP contribution >= 0.6 is 0 Å². The molecule has 1 aliphatic carbocycles. The lowest BCUT2D eigenvalue weighted by molar-refractivity contribution is -1.08. The summed E-state index contributed by atoms with van der Waals surface area (Å²) in [6.07, 6.45) is -0.886. The molecule has 4 saturated heterocycles. The van der Waals surface area contributed by atoms with E-state index in [-0.39, 0.29) is 54.0 Å². The second-order valence-electron chi connectivity index (χ2n) is 15.1. The third kappa shape index (κ3) is 6.12. The van der Waals surface area contributed by atoms with Gasteiger partial charge in [0, 0.05) is 33.9 Å². The number of nitrogens with two attached hydrogens (primary N) is 1. The van der Waals surface area contributed by atoms with Crippen molar-refractivity contribution >= 4 is 40.7 Å². The number of rotatable bonds is 9. The van der Waals surface area contributed by atoms with Crippen LogP contribution in [0.5, 0.6) is 0 Å². The number of carbonyl (C=O) groups excluding carboxylic acids is 4. The quantitative estimate of drug-likeness (QED) is 0.101. The molecule has 0 unspecified atom stereocenters. The molecule has 2 bridgehead atoms. The number of nitrogens with one attached hydrogen (secondary N) is 1. The first-order chi connectivity index (χ1) is 24.3. The molecule has 5 heterocycles. The molecule has 0 radical (unpaired) electrons. The number of fused-ring (bicyclic) bond motifs is 7. The first-order valence-corrected chi connectivity index (χ1v) is 17.5. The first kappa shape index (κ1) is 38.1. The third-order valence-corrected chi connectivity index (χ3v) is 12.1. The Labute approximate surface area is 319 Å². The van der Waals surface area contributed by atoms with Crippen LogP contribution in [0.1, 0.15) is 51.3 Å². The molecule has 3 aromatic carbocycles. The van der Waals surface area contributed by atoms with Crippen molar-refractivity contribution in [3.63, 3.8) is 0 Å². The lowest BCUT2D eigenvalue weighted by Gasteiger charge is -2.55. The van der Waals surface area contributed by atoms with E-state index in [4.69, 9.17) is 5.73 Å². The Morgan fingerprint density at radius 3 is 2.19 bits per heavy atom. The number of primary amides is 1. The Hall–Kier alpha value is -4.59. The fraction of sp³-hybridized carbons (Fsp3) is 0.359. The number of anilines is 1. The average Bonchev–Trinajstić information content (AvgIpc) is 3.52. The summed E-state index contributed by atoms with van der Waals surface area (Å²) < 4.78 is 1.63. The number of aliphatic hydroxyl groups excluding tert-OH is 1. The number of ketones is 1. The van der Waals surface area contributed by atoms with E-state index in [1.165, 1.54) is 4.90 Å². The summed E-state index contributed by atoms with van der Waals surface area (Å²) in [6.45, 7) is 10.0. The van der Waals surface area contributed by atoms with Crippen LogP contribution in [0.4, 0.5) is 5.69 Å². The number of carboxylic acids is 1. The largest absolute Gasteiger partial charge is 1.00 e. The summed E-state index contributed by atoms with van der Waals surface area (Å²) >= 11 is 0.